The highest BCUT2D eigenvalue weighted by Gasteiger charge is 2.12. The lowest BCUT2D eigenvalue weighted by atomic mass is 9.74. The zero-order valence-corrected chi connectivity index (χ0v) is 5.43. The van der Waals surface area contributed by atoms with Gasteiger partial charge in [-0.05, 0) is 16.2 Å². The van der Waals surface area contributed by atoms with Crippen molar-refractivity contribution < 1.29 is 10.0 Å². The predicted octanol–water partition coefficient (Wildman–Crippen LogP) is -1.78. The van der Waals surface area contributed by atoms with E-state index in [1.807, 2.05) is 0 Å². The number of thiophene rings is 1. The molecule has 0 unspecified atom stereocenters. The van der Waals surface area contributed by atoms with Crippen LogP contribution in [0.25, 0.3) is 0 Å². The van der Waals surface area contributed by atoms with E-state index in [-0.39, 0.29) is 0 Å². The molecule has 0 aliphatic carbocycles. The third kappa shape index (κ3) is 1.36. The molecule has 44 valence electrons. The van der Waals surface area contributed by atoms with Crippen molar-refractivity contribution in [3.63, 3.8) is 0 Å². The molecule has 0 saturated carbocycles. The van der Waals surface area contributed by atoms with Crippen LogP contribution in [0.4, 0.5) is 0 Å². The summed E-state index contributed by atoms with van der Waals surface area (Å²) in [5.41, 5.74) is 0.829. The maximum Gasteiger partial charge on any atom is 0.488 e. The molecule has 1 aromatic rings. The van der Waals surface area contributed by atoms with E-state index in [0.717, 1.165) is 0 Å². The summed E-state index contributed by atoms with van der Waals surface area (Å²) in [6.07, 6.45) is 0. The second kappa shape index (κ2) is 2.56. The first-order valence-corrected chi connectivity index (χ1v) is 3.34. The first kappa shape index (κ1) is 6.86. The summed E-state index contributed by atoms with van der Waals surface area (Å²) in [6, 6.07) is 0. The van der Waals surface area contributed by atoms with Crippen molar-refractivity contribution in [3.05, 3.63) is 10.8 Å². The third-order valence-electron chi connectivity index (χ3n) is 1.00. The van der Waals surface area contributed by atoms with Crippen LogP contribution in [0.1, 0.15) is 0 Å². The standard InChI is InChI=1S/C4H4B2O2S/c5-3-1-9-2-4(3)6(7)8/h1-2,7-8H. The molecule has 0 saturated heterocycles. The molecule has 0 amide bonds. The summed E-state index contributed by atoms with van der Waals surface area (Å²) >= 11 is 1.35. The van der Waals surface area contributed by atoms with E-state index in [4.69, 9.17) is 17.9 Å². The molecule has 1 rings (SSSR count). The molecule has 0 bridgehead atoms. The minimum atomic E-state index is -1.43. The van der Waals surface area contributed by atoms with Crippen LogP contribution >= 0.6 is 11.3 Å². The van der Waals surface area contributed by atoms with Crippen molar-refractivity contribution in [1.29, 1.82) is 0 Å². The molecule has 0 aliphatic rings. The maximum absolute atomic E-state index is 8.58. The summed E-state index contributed by atoms with van der Waals surface area (Å²) in [5, 5.41) is 20.4. The second-order valence-corrected chi connectivity index (χ2v) is 2.40. The molecule has 2 N–H and O–H groups in total. The molecule has 5 heteroatoms. The number of hydrogen-bond donors (Lipinski definition) is 2. The Labute approximate surface area is 58.7 Å². The van der Waals surface area contributed by atoms with Crippen molar-refractivity contribution >= 4 is 37.2 Å². The van der Waals surface area contributed by atoms with Gasteiger partial charge < -0.3 is 10.0 Å². The summed E-state index contributed by atoms with van der Waals surface area (Å²) in [5.74, 6) is 0. The van der Waals surface area contributed by atoms with Gasteiger partial charge in [0.25, 0.3) is 0 Å². The minimum Gasteiger partial charge on any atom is -0.423 e. The topological polar surface area (TPSA) is 40.5 Å². The van der Waals surface area contributed by atoms with Gasteiger partial charge in [0.05, 0.1) is 0 Å². The van der Waals surface area contributed by atoms with E-state index in [2.05, 4.69) is 0 Å². The van der Waals surface area contributed by atoms with Gasteiger partial charge in [0.15, 0.2) is 0 Å². The van der Waals surface area contributed by atoms with E-state index in [1.54, 1.807) is 10.8 Å². The van der Waals surface area contributed by atoms with Crippen LogP contribution in [0.2, 0.25) is 0 Å². The second-order valence-electron chi connectivity index (χ2n) is 1.66. The van der Waals surface area contributed by atoms with Crippen molar-refractivity contribution in [1.82, 2.24) is 0 Å². The van der Waals surface area contributed by atoms with Crippen LogP contribution < -0.4 is 10.9 Å². The fraction of sp³-hybridized carbons (Fsp3) is 0. The molecule has 1 aromatic heterocycles. The molecular weight excluding hydrogens is 134 g/mol. The Morgan fingerprint density at radius 1 is 1.44 bits per heavy atom. The monoisotopic (exact) mass is 138 g/mol. The molecule has 0 aromatic carbocycles. The van der Waals surface area contributed by atoms with Crippen molar-refractivity contribution in [2.24, 2.45) is 0 Å². The lowest BCUT2D eigenvalue weighted by Gasteiger charge is -1.93. The largest absolute Gasteiger partial charge is 0.488 e. The molecule has 0 atom stereocenters. The molecule has 0 spiro atoms. The van der Waals surface area contributed by atoms with Crippen molar-refractivity contribution in [2.75, 3.05) is 0 Å². The summed E-state index contributed by atoms with van der Waals surface area (Å²) in [6.45, 7) is 0. The quantitative estimate of drug-likeness (QED) is 0.450. The van der Waals surface area contributed by atoms with Gasteiger partial charge in [0.2, 0.25) is 0 Å². The SMILES string of the molecule is [B]c1cscc1B(O)O. The van der Waals surface area contributed by atoms with Crippen LogP contribution in [-0.4, -0.2) is 25.0 Å². The van der Waals surface area contributed by atoms with Crippen molar-refractivity contribution in [3.8, 4) is 0 Å². The molecule has 1 heterocycles. The highest BCUT2D eigenvalue weighted by atomic mass is 32.1. The Morgan fingerprint density at radius 2 is 2.11 bits per heavy atom. The van der Waals surface area contributed by atoms with Gasteiger partial charge in [-0.15, -0.1) is 0 Å². The molecule has 2 nitrogen and oxygen atoms in total. The molecular formula is C4H4B2O2S. The average Bonchev–Trinajstić information content (AvgIpc) is 2.13. The molecule has 2 radical (unpaired) electrons. The van der Waals surface area contributed by atoms with E-state index in [9.17, 15) is 0 Å². The fourth-order valence-electron chi connectivity index (χ4n) is 0.527. The highest BCUT2D eigenvalue weighted by Crippen LogP contribution is 1.89. The summed E-state index contributed by atoms with van der Waals surface area (Å²) in [7, 11) is 3.90. The number of hydrogen-bond acceptors (Lipinski definition) is 3. The number of rotatable bonds is 1. The molecule has 0 aliphatic heterocycles. The average molecular weight is 138 g/mol. The van der Waals surface area contributed by atoms with Gasteiger partial charge in [-0.25, -0.2) is 0 Å². The molecule has 9 heavy (non-hydrogen) atoms. The normalized spacial score (nSPS) is 9.56. The van der Waals surface area contributed by atoms with Crippen LogP contribution in [-0.2, 0) is 0 Å². The Hall–Kier alpha value is -0.250. The van der Waals surface area contributed by atoms with Crippen LogP contribution in [0.15, 0.2) is 10.8 Å². The van der Waals surface area contributed by atoms with Gasteiger partial charge >= 0.3 is 7.12 Å². The first-order valence-electron chi connectivity index (χ1n) is 2.39. The van der Waals surface area contributed by atoms with Crippen LogP contribution in [0.5, 0.6) is 0 Å². The van der Waals surface area contributed by atoms with E-state index in [0.29, 0.717) is 10.9 Å². The Kier molecular flexibility index (Phi) is 1.95. The summed E-state index contributed by atoms with van der Waals surface area (Å²) < 4.78 is 0. The van der Waals surface area contributed by atoms with E-state index in [1.165, 1.54) is 11.3 Å². The Balaban J connectivity index is 2.94. The molecule has 0 fully saturated rings. The Bertz CT molecular complexity index is 198. The van der Waals surface area contributed by atoms with Gasteiger partial charge in [0, 0.05) is 0 Å². The van der Waals surface area contributed by atoms with Gasteiger partial charge in [-0.1, -0.05) is 5.46 Å². The highest BCUT2D eigenvalue weighted by molar-refractivity contribution is 7.10. The summed E-state index contributed by atoms with van der Waals surface area (Å²) in [4.78, 5) is 0. The van der Waals surface area contributed by atoms with Crippen molar-refractivity contribution in [2.45, 2.75) is 0 Å². The maximum atomic E-state index is 8.58. The van der Waals surface area contributed by atoms with Gasteiger partial charge in [-0.2, -0.15) is 11.3 Å². The first-order chi connectivity index (χ1) is 4.22. The van der Waals surface area contributed by atoms with E-state index < -0.39 is 7.12 Å². The smallest absolute Gasteiger partial charge is 0.423 e. The minimum absolute atomic E-state index is 0.389. The zero-order chi connectivity index (χ0) is 6.85. The zero-order valence-electron chi connectivity index (χ0n) is 4.61. The Morgan fingerprint density at radius 3 is 2.33 bits per heavy atom. The fourth-order valence-corrected chi connectivity index (χ4v) is 1.28. The predicted molar refractivity (Wildman–Crippen MR) is 39.5 cm³/mol. The van der Waals surface area contributed by atoms with Crippen LogP contribution in [0, 0.1) is 0 Å². The lowest BCUT2D eigenvalue weighted by Crippen LogP contribution is -2.38. The van der Waals surface area contributed by atoms with Crippen LogP contribution in [0.3, 0.4) is 0 Å². The van der Waals surface area contributed by atoms with E-state index >= 15 is 0 Å². The third-order valence-corrected chi connectivity index (χ3v) is 1.78. The van der Waals surface area contributed by atoms with Gasteiger partial charge in [0.1, 0.15) is 7.85 Å². The lowest BCUT2D eigenvalue weighted by molar-refractivity contribution is 0.426. The van der Waals surface area contributed by atoms with Gasteiger partial charge in [-0.3, -0.25) is 0 Å².